The van der Waals surface area contributed by atoms with Gasteiger partial charge < -0.3 is 24.8 Å². The smallest absolute Gasteiger partial charge is 0.303 e. The number of aliphatic hydroxyl groups excluding tert-OH is 3. The number of ether oxygens (including phenoxy) is 2. The molecule has 0 spiro atoms. The molecular formula is C17H26O6. The van der Waals surface area contributed by atoms with Crippen LogP contribution in [0.1, 0.15) is 40.5 Å². The zero-order valence-corrected chi connectivity index (χ0v) is 14.0. The predicted octanol–water partition coefficient (Wildman–Crippen LogP) is 0.740. The maximum Gasteiger partial charge on any atom is 0.303 e. The zero-order valence-electron chi connectivity index (χ0n) is 14.0. The quantitative estimate of drug-likeness (QED) is 0.486. The average Bonchev–Trinajstić information content (AvgIpc) is 2.66. The van der Waals surface area contributed by atoms with Crippen LogP contribution in [-0.2, 0) is 14.3 Å². The summed E-state index contributed by atoms with van der Waals surface area (Å²) in [7, 11) is 0. The summed E-state index contributed by atoms with van der Waals surface area (Å²) in [5.74, 6) is -1.21. The Bertz CT molecular complexity index is 541. The van der Waals surface area contributed by atoms with Crippen LogP contribution in [0, 0.1) is 17.3 Å². The topological polar surface area (TPSA) is 96.2 Å². The molecule has 1 saturated carbocycles. The Morgan fingerprint density at radius 3 is 2.57 bits per heavy atom. The van der Waals surface area contributed by atoms with E-state index in [-0.39, 0.29) is 11.3 Å². The van der Waals surface area contributed by atoms with Crippen LogP contribution in [0.5, 0.6) is 0 Å². The fourth-order valence-corrected chi connectivity index (χ4v) is 5.14. The van der Waals surface area contributed by atoms with Crippen molar-refractivity contribution in [3.8, 4) is 0 Å². The first-order valence-electron chi connectivity index (χ1n) is 8.15. The highest BCUT2D eigenvalue weighted by atomic mass is 16.6. The molecule has 2 bridgehead atoms. The molecule has 3 N–H and O–H groups in total. The number of esters is 1. The lowest BCUT2D eigenvalue weighted by atomic mass is 9.47. The second kappa shape index (κ2) is 5.28. The molecule has 130 valence electrons. The normalized spacial score (nSPS) is 50.5. The minimum Gasteiger partial charge on any atom is -0.459 e. The van der Waals surface area contributed by atoms with Crippen LogP contribution in [0.25, 0.3) is 0 Å². The van der Waals surface area contributed by atoms with Crippen molar-refractivity contribution < 1.29 is 29.6 Å². The molecule has 0 radical (unpaired) electrons. The predicted molar refractivity (Wildman–Crippen MR) is 81.1 cm³/mol. The fraction of sp³-hybridized carbons (Fsp3) is 0.824. The van der Waals surface area contributed by atoms with Gasteiger partial charge in [-0.1, -0.05) is 25.5 Å². The lowest BCUT2D eigenvalue weighted by Crippen LogP contribution is -2.66. The van der Waals surface area contributed by atoms with Crippen molar-refractivity contribution in [3.05, 3.63) is 11.6 Å². The highest BCUT2D eigenvalue weighted by Crippen LogP contribution is 2.66. The molecule has 6 heteroatoms. The van der Waals surface area contributed by atoms with Crippen molar-refractivity contribution in [1.82, 2.24) is 0 Å². The first kappa shape index (κ1) is 16.9. The highest BCUT2D eigenvalue weighted by Gasteiger charge is 2.73. The van der Waals surface area contributed by atoms with Gasteiger partial charge in [-0.3, -0.25) is 4.79 Å². The molecule has 1 heterocycles. The van der Waals surface area contributed by atoms with Crippen LogP contribution in [-0.4, -0.2) is 51.5 Å². The molecule has 1 aliphatic heterocycles. The summed E-state index contributed by atoms with van der Waals surface area (Å²) in [6.45, 7) is 7.28. The van der Waals surface area contributed by atoms with Gasteiger partial charge in [-0.15, -0.1) is 0 Å². The molecule has 0 amide bonds. The summed E-state index contributed by atoms with van der Waals surface area (Å²) in [5.41, 5.74) is -0.162. The summed E-state index contributed by atoms with van der Waals surface area (Å²) in [4.78, 5) is 11.6. The zero-order chi connectivity index (χ0) is 17.2. The number of hydrogen-bond donors (Lipinski definition) is 3. The van der Waals surface area contributed by atoms with Crippen LogP contribution in [0.4, 0.5) is 0 Å². The molecule has 23 heavy (non-hydrogen) atoms. The number of rotatable bonds is 1. The molecular weight excluding hydrogens is 300 g/mol. The van der Waals surface area contributed by atoms with Crippen LogP contribution in [0.15, 0.2) is 11.6 Å². The summed E-state index contributed by atoms with van der Waals surface area (Å²) < 4.78 is 11.4. The average molecular weight is 326 g/mol. The van der Waals surface area contributed by atoms with Crippen molar-refractivity contribution in [2.45, 2.75) is 70.7 Å². The summed E-state index contributed by atoms with van der Waals surface area (Å²) in [5, 5.41) is 31.2. The van der Waals surface area contributed by atoms with Gasteiger partial charge in [0, 0.05) is 25.2 Å². The van der Waals surface area contributed by atoms with E-state index >= 15 is 0 Å². The second-order valence-electron chi connectivity index (χ2n) is 7.98. The Kier molecular flexibility index (Phi) is 3.87. The van der Waals surface area contributed by atoms with Crippen LogP contribution < -0.4 is 0 Å². The van der Waals surface area contributed by atoms with Crippen molar-refractivity contribution in [2.75, 3.05) is 0 Å². The van der Waals surface area contributed by atoms with E-state index in [0.717, 1.165) is 5.57 Å². The second-order valence-corrected chi connectivity index (χ2v) is 7.98. The lowest BCUT2D eigenvalue weighted by Gasteiger charge is -2.59. The number of aliphatic hydroxyl groups is 3. The van der Waals surface area contributed by atoms with E-state index < -0.39 is 42.1 Å². The Morgan fingerprint density at radius 2 is 2.00 bits per heavy atom. The van der Waals surface area contributed by atoms with Crippen molar-refractivity contribution in [2.24, 2.45) is 17.3 Å². The molecule has 7 atom stereocenters. The van der Waals surface area contributed by atoms with Crippen LogP contribution in [0.2, 0.25) is 0 Å². The summed E-state index contributed by atoms with van der Waals surface area (Å²) in [6, 6.07) is 0. The van der Waals surface area contributed by atoms with E-state index in [1.807, 2.05) is 20.8 Å². The molecule has 0 aromatic rings. The lowest BCUT2D eigenvalue weighted by molar-refractivity contribution is -0.253. The molecule has 0 aromatic carbocycles. The van der Waals surface area contributed by atoms with E-state index in [0.29, 0.717) is 12.8 Å². The molecule has 1 saturated heterocycles. The first-order valence-corrected chi connectivity index (χ1v) is 8.15. The third-order valence-corrected chi connectivity index (χ3v) is 5.71. The monoisotopic (exact) mass is 326 g/mol. The van der Waals surface area contributed by atoms with Gasteiger partial charge >= 0.3 is 5.97 Å². The number of carbonyl (C=O) groups excluding carboxylic acids is 1. The minimum absolute atomic E-state index is 0.181. The van der Waals surface area contributed by atoms with Crippen molar-refractivity contribution >= 4 is 5.97 Å². The van der Waals surface area contributed by atoms with Gasteiger partial charge in [0.15, 0.2) is 6.29 Å². The van der Waals surface area contributed by atoms with Gasteiger partial charge in [0.25, 0.3) is 0 Å². The molecule has 1 unspecified atom stereocenters. The van der Waals surface area contributed by atoms with Gasteiger partial charge in [0.2, 0.25) is 0 Å². The van der Waals surface area contributed by atoms with Crippen molar-refractivity contribution in [3.63, 3.8) is 0 Å². The van der Waals surface area contributed by atoms with E-state index in [1.54, 1.807) is 6.08 Å². The highest BCUT2D eigenvalue weighted by molar-refractivity contribution is 5.66. The van der Waals surface area contributed by atoms with Gasteiger partial charge in [0.05, 0.1) is 12.2 Å². The van der Waals surface area contributed by atoms with E-state index in [2.05, 4.69) is 0 Å². The molecule has 0 aromatic heterocycles. The maximum atomic E-state index is 11.6. The Morgan fingerprint density at radius 1 is 1.35 bits per heavy atom. The summed E-state index contributed by atoms with van der Waals surface area (Å²) >= 11 is 0. The fourth-order valence-electron chi connectivity index (χ4n) is 5.14. The Hall–Kier alpha value is -0.950. The number of hydrogen-bond acceptors (Lipinski definition) is 6. The van der Waals surface area contributed by atoms with Gasteiger partial charge in [-0.25, -0.2) is 0 Å². The third kappa shape index (κ3) is 2.43. The van der Waals surface area contributed by atoms with Gasteiger partial charge in [-0.05, 0) is 18.8 Å². The largest absolute Gasteiger partial charge is 0.459 e. The molecule has 6 nitrogen and oxygen atoms in total. The Balaban J connectivity index is 2.08. The van der Waals surface area contributed by atoms with Crippen molar-refractivity contribution in [1.29, 1.82) is 0 Å². The van der Waals surface area contributed by atoms with Crippen LogP contribution >= 0.6 is 0 Å². The van der Waals surface area contributed by atoms with Crippen LogP contribution in [0.3, 0.4) is 0 Å². The maximum absolute atomic E-state index is 11.6. The third-order valence-electron chi connectivity index (χ3n) is 5.71. The standard InChI is InChI=1S/C17H26O6/c1-8-5-10(19)13(20)12-14-16(3,4)7-17(14,23-15(12)21)11(6-8)22-9(2)18/h5,10-15,19-21H,6-7H2,1-4H3/b8-5-/t10-,11-,12-,13-,14?,15+,17+/m0/s1. The van der Waals surface area contributed by atoms with Gasteiger partial charge in [-0.2, -0.15) is 0 Å². The molecule has 3 rings (SSSR count). The molecule has 2 fully saturated rings. The number of carbonyl (C=O) groups is 1. The summed E-state index contributed by atoms with van der Waals surface area (Å²) in [6.07, 6.45) is -1.30. The molecule has 3 aliphatic rings. The van der Waals surface area contributed by atoms with E-state index in [1.165, 1.54) is 6.92 Å². The first-order chi connectivity index (χ1) is 10.6. The SMILES string of the molecule is CC(=O)O[C@H]1C/C(C)=C\[C@H](O)[C@H](O)[C@H]2C3C(C)(C)C[C@]31O[C@H]2O. The van der Waals surface area contributed by atoms with E-state index in [9.17, 15) is 20.1 Å². The molecule has 2 aliphatic carbocycles. The Labute approximate surface area is 136 Å². The van der Waals surface area contributed by atoms with E-state index in [4.69, 9.17) is 9.47 Å². The minimum atomic E-state index is -1.18. The van der Waals surface area contributed by atoms with Gasteiger partial charge in [0.1, 0.15) is 11.7 Å².